The number of H-pyrrole nitrogens is 1. The summed E-state index contributed by atoms with van der Waals surface area (Å²) in [5.74, 6) is -0.0791. The van der Waals surface area contributed by atoms with Crippen molar-refractivity contribution in [1.29, 1.82) is 0 Å². The summed E-state index contributed by atoms with van der Waals surface area (Å²) < 4.78 is 0. The van der Waals surface area contributed by atoms with Crippen molar-refractivity contribution in [3.63, 3.8) is 0 Å². The highest BCUT2D eigenvalue weighted by atomic mass is 16.1. The molecule has 0 aliphatic carbocycles. The number of amides is 1. The second kappa shape index (κ2) is 5.32. The maximum Gasteiger partial charge on any atom is 0.252 e. The quantitative estimate of drug-likeness (QED) is 0.644. The average Bonchev–Trinajstić information content (AvgIpc) is 2.96. The van der Waals surface area contributed by atoms with Gasteiger partial charge in [-0.1, -0.05) is 18.2 Å². The molecule has 0 saturated heterocycles. The van der Waals surface area contributed by atoms with E-state index in [1.807, 2.05) is 61.7 Å². The monoisotopic (exact) mass is 279 g/mol. The van der Waals surface area contributed by atoms with Gasteiger partial charge in [0.15, 0.2) is 0 Å². The molecule has 4 nitrogen and oxygen atoms in total. The molecule has 3 aromatic rings. The predicted octanol–water partition coefficient (Wildman–Crippen LogP) is 3.24. The van der Waals surface area contributed by atoms with E-state index < -0.39 is 0 Å². The molecule has 0 aliphatic rings. The van der Waals surface area contributed by atoms with Gasteiger partial charge in [0, 0.05) is 28.4 Å². The molecule has 0 bridgehead atoms. The Morgan fingerprint density at radius 3 is 2.67 bits per heavy atom. The molecule has 0 spiro atoms. The van der Waals surface area contributed by atoms with Crippen LogP contribution in [0.2, 0.25) is 0 Å². The van der Waals surface area contributed by atoms with Crippen LogP contribution in [0.5, 0.6) is 0 Å². The van der Waals surface area contributed by atoms with Crippen LogP contribution >= 0.6 is 0 Å². The highest BCUT2D eigenvalue weighted by Crippen LogP contribution is 2.19. The minimum atomic E-state index is -0.0791. The van der Waals surface area contributed by atoms with Crippen molar-refractivity contribution in [2.24, 2.45) is 0 Å². The van der Waals surface area contributed by atoms with E-state index in [1.54, 1.807) is 0 Å². The van der Waals surface area contributed by atoms with Gasteiger partial charge >= 0.3 is 0 Å². The number of nitrogens with two attached hydrogens (primary N) is 1. The fourth-order valence-electron chi connectivity index (χ4n) is 2.43. The number of aromatic amines is 1. The second-order valence-corrected chi connectivity index (χ2v) is 5.11. The fourth-order valence-corrected chi connectivity index (χ4v) is 2.43. The summed E-state index contributed by atoms with van der Waals surface area (Å²) in [5, 5.41) is 3.95. The van der Waals surface area contributed by atoms with Gasteiger partial charge in [0.25, 0.3) is 5.91 Å². The maximum absolute atomic E-state index is 12.5. The van der Waals surface area contributed by atoms with E-state index in [0.29, 0.717) is 5.56 Å². The molecule has 0 saturated carbocycles. The minimum Gasteiger partial charge on any atom is -0.399 e. The van der Waals surface area contributed by atoms with Crippen LogP contribution in [-0.2, 0) is 0 Å². The van der Waals surface area contributed by atoms with E-state index >= 15 is 0 Å². The van der Waals surface area contributed by atoms with Crippen molar-refractivity contribution in [2.75, 3.05) is 5.73 Å². The first-order valence-electron chi connectivity index (χ1n) is 6.87. The lowest BCUT2D eigenvalue weighted by molar-refractivity contribution is 0.0941. The van der Waals surface area contributed by atoms with Gasteiger partial charge in [-0.05, 0) is 42.8 Å². The van der Waals surface area contributed by atoms with Crippen molar-refractivity contribution in [1.82, 2.24) is 10.3 Å². The van der Waals surface area contributed by atoms with Crippen LogP contribution in [0, 0.1) is 0 Å². The van der Waals surface area contributed by atoms with Gasteiger partial charge in [-0.25, -0.2) is 0 Å². The molecule has 0 radical (unpaired) electrons. The van der Waals surface area contributed by atoms with Gasteiger partial charge in [0.2, 0.25) is 0 Å². The summed E-state index contributed by atoms with van der Waals surface area (Å²) in [6.07, 6.45) is 1.84. The molecule has 21 heavy (non-hydrogen) atoms. The zero-order chi connectivity index (χ0) is 14.8. The third-order valence-electron chi connectivity index (χ3n) is 3.62. The number of rotatable bonds is 3. The number of anilines is 1. The van der Waals surface area contributed by atoms with Gasteiger partial charge in [0.05, 0.1) is 6.04 Å². The number of hydrogen-bond acceptors (Lipinski definition) is 2. The number of nitrogens with one attached hydrogen (secondary N) is 2. The number of carbonyl (C=O) groups is 1. The van der Waals surface area contributed by atoms with Crippen LogP contribution in [-0.4, -0.2) is 10.9 Å². The predicted molar refractivity (Wildman–Crippen MR) is 85.0 cm³/mol. The van der Waals surface area contributed by atoms with Crippen molar-refractivity contribution in [3.8, 4) is 0 Å². The highest BCUT2D eigenvalue weighted by Gasteiger charge is 2.14. The highest BCUT2D eigenvalue weighted by molar-refractivity contribution is 6.06. The molecule has 1 aromatic heterocycles. The molecule has 2 aromatic carbocycles. The molecule has 0 fully saturated rings. The molecule has 106 valence electrons. The van der Waals surface area contributed by atoms with Crippen LogP contribution in [0.3, 0.4) is 0 Å². The number of aromatic nitrogens is 1. The van der Waals surface area contributed by atoms with Crippen LogP contribution in [0.15, 0.2) is 54.7 Å². The summed E-state index contributed by atoms with van der Waals surface area (Å²) in [6.45, 7) is 1.96. The average molecular weight is 279 g/mol. The summed E-state index contributed by atoms with van der Waals surface area (Å²) >= 11 is 0. The van der Waals surface area contributed by atoms with Gasteiger partial charge in [-0.15, -0.1) is 0 Å². The summed E-state index contributed by atoms with van der Waals surface area (Å²) in [5.41, 5.74) is 9.06. The lowest BCUT2D eigenvalue weighted by atomic mass is 10.1. The van der Waals surface area contributed by atoms with Crippen molar-refractivity contribution < 1.29 is 4.79 Å². The minimum absolute atomic E-state index is 0.0766. The second-order valence-electron chi connectivity index (χ2n) is 5.11. The molecular weight excluding hydrogens is 262 g/mol. The number of hydrogen-bond donors (Lipinski definition) is 3. The van der Waals surface area contributed by atoms with Gasteiger partial charge in [-0.3, -0.25) is 4.79 Å². The summed E-state index contributed by atoms with van der Waals surface area (Å²) in [7, 11) is 0. The third kappa shape index (κ3) is 2.60. The molecule has 4 N–H and O–H groups in total. The molecule has 3 rings (SSSR count). The Kier molecular flexibility index (Phi) is 3.36. The summed E-state index contributed by atoms with van der Waals surface area (Å²) in [6, 6.07) is 15.0. The maximum atomic E-state index is 12.5. The van der Waals surface area contributed by atoms with Gasteiger partial charge in [-0.2, -0.15) is 0 Å². The first kappa shape index (κ1) is 13.2. The van der Waals surface area contributed by atoms with E-state index in [1.165, 1.54) is 0 Å². The van der Waals surface area contributed by atoms with Crippen LogP contribution in [0.25, 0.3) is 10.9 Å². The Bertz CT molecular complexity index is 774. The first-order valence-corrected chi connectivity index (χ1v) is 6.87. The Balaban J connectivity index is 1.83. The van der Waals surface area contributed by atoms with E-state index in [2.05, 4.69) is 10.3 Å². The summed E-state index contributed by atoms with van der Waals surface area (Å²) in [4.78, 5) is 15.6. The van der Waals surface area contributed by atoms with Crippen molar-refractivity contribution >= 4 is 22.5 Å². The van der Waals surface area contributed by atoms with Crippen LogP contribution in [0.4, 0.5) is 5.69 Å². The molecule has 0 aliphatic heterocycles. The Morgan fingerprint density at radius 2 is 1.90 bits per heavy atom. The van der Waals surface area contributed by atoms with Crippen molar-refractivity contribution in [2.45, 2.75) is 13.0 Å². The molecule has 1 amide bonds. The van der Waals surface area contributed by atoms with E-state index in [0.717, 1.165) is 22.2 Å². The lowest BCUT2D eigenvalue weighted by Crippen LogP contribution is -2.26. The molecule has 1 unspecified atom stereocenters. The molecular formula is C17H17N3O. The molecule has 4 heteroatoms. The zero-order valence-electron chi connectivity index (χ0n) is 11.8. The normalized spacial score (nSPS) is 12.2. The zero-order valence-corrected chi connectivity index (χ0v) is 11.8. The standard InChI is InChI=1S/C17H17N3O/c1-11(12-5-7-13(18)8-6-12)20-17(21)15-3-2-4-16-14(15)9-10-19-16/h2-11,19H,18H2,1H3,(H,20,21). The van der Waals surface area contributed by atoms with E-state index in [4.69, 9.17) is 5.73 Å². The molecule has 1 atom stereocenters. The van der Waals surface area contributed by atoms with Crippen LogP contribution in [0.1, 0.15) is 28.9 Å². The lowest BCUT2D eigenvalue weighted by Gasteiger charge is -2.15. The fraction of sp³-hybridized carbons (Fsp3) is 0.118. The Morgan fingerprint density at radius 1 is 1.14 bits per heavy atom. The number of benzene rings is 2. The largest absolute Gasteiger partial charge is 0.399 e. The SMILES string of the molecule is CC(NC(=O)c1cccc2[nH]ccc12)c1ccc(N)cc1. The number of nitrogen functional groups attached to an aromatic ring is 1. The van der Waals surface area contributed by atoms with E-state index in [9.17, 15) is 4.79 Å². The number of carbonyl (C=O) groups excluding carboxylic acids is 1. The Hall–Kier alpha value is -2.75. The van der Waals surface area contributed by atoms with Crippen LogP contribution < -0.4 is 11.1 Å². The number of fused-ring (bicyclic) bond motifs is 1. The van der Waals surface area contributed by atoms with Crippen molar-refractivity contribution in [3.05, 3.63) is 65.9 Å². The topological polar surface area (TPSA) is 70.9 Å². The molecule has 1 heterocycles. The van der Waals surface area contributed by atoms with Gasteiger partial charge < -0.3 is 16.0 Å². The van der Waals surface area contributed by atoms with Gasteiger partial charge in [0.1, 0.15) is 0 Å². The first-order chi connectivity index (χ1) is 10.1. The smallest absolute Gasteiger partial charge is 0.252 e. The van der Waals surface area contributed by atoms with E-state index in [-0.39, 0.29) is 11.9 Å². The Labute approximate surface area is 123 Å². The third-order valence-corrected chi connectivity index (χ3v) is 3.62.